The van der Waals surface area contributed by atoms with Gasteiger partial charge in [0.25, 0.3) is 0 Å². The van der Waals surface area contributed by atoms with Crippen LogP contribution >= 0.6 is 0 Å². The molecule has 2 aromatic rings. The Morgan fingerprint density at radius 1 is 1.21 bits per heavy atom. The number of hydrogen-bond acceptors (Lipinski definition) is 4. The summed E-state index contributed by atoms with van der Waals surface area (Å²) in [5, 5.41) is 3.46. The van der Waals surface area contributed by atoms with Crippen LogP contribution in [0.4, 0.5) is 19.0 Å². The van der Waals surface area contributed by atoms with E-state index in [0.29, 0.717) is 18.4 Å². The van der Waals surface area contributed by atoms with Gasteiger partial charge in [-0.2, -0.15) is 13.2 Å². The topological polar surface area (TPSA) is 41.3 Å². The van der Waals surface area contributed by atoms with Gasteiger partial charge in [0.1, 0.15) is 17.3 Å². The zero-order valence-electron chi connectivity index (χ0n) is 13.4. The Balaban J connectivity index is 1.49. The Kier molecular flexibility index (Phi) is 4.80. The van der Waals surface area contributed by atoms with E-state index in [9.17, 15) is 13.2 Å². The van der Waals surface area contributed by atoms with Gasteiger partial charge in [0.15, 0.2) is 0 Å². The van der Waals surface area contributed by atoms with Gasteiger partial charge < -0.3 is 14.6 Å². The van der Waals surface area contributed by atoms with Crippen molar-refractivity contribution in [1.82, 2.24) is 10.3 Å². The van der Waals surface area contributed by atoms with Crippen molar-refractivity contribution in [3.05, 3.63) is 47.5 Å². The molecule has 0 amide bonds. The Labute approximate surface area is 138 Å². The number of alkyl halides is 3. The minimum atomic E-state index is -4.34. The molecule has 1 N–H and O–H groups in total. The lowest BCUT2D eigenvalue weighted by molar-refractivity contribution is -0.137. The van der Waals surface area contributed by atoms with Gasteiger partial charge in [-0.25, -0.2) is 4.98 Å². The van der Waals surface area contributed by atoms with Crippen molar-refractivity contribution in [3.63, 3.8) is 0 Å². The van der Waals surface area contributed by atoms with Crippen LogP contribution in [0.3, 0.4) is 0 Å². The Morgan fingerprint density at radius 3 is 2.50 bits per heavy atom. The quantitative estimate of drug-likeness (QED) is 0.921. The van der Waals surface area contributed by atoms with E-state index in [1.165, 1.54) is 6.07 Å². The van der Waals surface area contributed by atoms with Gasteiger partial charge in [0, 0.05) is 25.3 Å². The summed E-state index contributed by atoms with van der Waals surface area (Å²) >= 11 is 0. The second-order valence-electron chi connectivity index (χ2n) is 6.06. The van der Waals surface area contributed by atoms with Crippen LogP contribution in [0.2, 0.25) is 0 Å². The van der Waals surface area contributed by atoms with Crippen LogP contribution in [-0.2, 0) is 12.7 Å². The van der Waals surface area contributed by atoms with E-state index in [-0.39, 0.29) is 0 Å². The van der Waals surface area contributed by atoms with E-state index in [2.05, 4.69) is 10.3 Å². The first kappa shape index (κ1) is 16.8. The molecular weight excluding hydrogens is 319 g/mol. The minimum Gasteiger partial charge on any atom is -0.465 e. The lowest BCUT2D eigenvalue weighted by Crippen LogP contribution is -2.42. The fourth-order valence-corrected chi connectivity index (χ4v) is 2.88. The summed E-state index contributed by atoms with van der Waals surface area (Å²) in [5.74, 6) is 2.41. The second kappa shape index (κ2) is 6.84. The standard InChI is InChI=1S/C17H20F3N3O/c1-12-2-4-15(24-12)11-21-14-6-8-23(9-7-14)16-5-3-13(10-22-16)17(18,19)20/h2-5,10,14,21H,6-9,11H2,1H3. The SMILES string of the molecule is Cc1ccc(CNC2CCN(c3ccc(C(F)(F)F)cn3)CC2)o1. The van der Waals surface area contributed by atoms with Crippen molar-refractivity contribution in [2.45, 2.75) is 38.5 Å². The molecule has 0 aliphatic carbocycles. The summed E-state index contributed by atoms with van der Waals surface area (Å²) in [5.41, 5.74) is -0.712. The van der Waals surface area contributed by atoms with Crippen LogP contribution in [0.1, 0.15) is 29.9 Å². The molecule has 0 radical (unpaired) electrons. The molecule has 1 aliphatic heterocycles. The van der Waals surface area contributed by atoms with Gasteiger partial charge in [-0.3, -0.25) is 0 Å². The maximum absolute atomic E-state index is 12.6. The number of anilines is 1. The number of rotatable bonds is 4. The van der Waals surface area contributed by atoms with Gasteiger partial charge in [-0.1, -0.05) is 0 Å². The molecule has 1 aliphatic rings. The lowest BCUT2D eigenvalue weighted by Gasteiger charge is -2.33. The molecule has 2 aromatic heterocycles. The highest BCUT2D eigenvalue weighted by Crippen LogP contribution is 2.29. The molecule has 1 saturated heterocycles. The Morgan fingerprint density at radius 2 is 1.96 bits per heavy atom. The average Bonchev–Trinajstić information content (AvgIpc) is 2.98. The van der Waals surface area contributed by atoms with Crippen molar-refractivity contribution in [2.24, 2.45) is 0 Å². The number of nitrogens with zero attached hydrogens (tertiary/aromatic N) is 2. The molecule has 130 valence electrons. The van der Waals surface area contributed by atoms with Crippen molar-refractivity contribution < 1.29 is 17.6 Å². The number of hydrogen-bond donors (Lipinski definition) is 1. The monoisotopic (exact) mass is 339 g/mol. The average molecular weight is 339 g/mol. The number of aryl methyl sites for hydroxylation is 1. The maximum Gasteiger partial charge on any atom is 0.417 e. The fraction of sp³-hybridized carbons (Fsp3) is 0.471. The largest absolute Gasteiger partial charge is 0.465 e. The van der Waals surface area contributed by atoms with Crippen LogP contribution in [0.25, 0.3) is 0 Å². The van der Waals surface area contributed by atoms with Crippen molar-refractivity contribution in [2.75, 3.05) is 18.0 Å². The van der Waals surface area contributed by atoms with Gasteiger partial charge in [0.2, 0.25) is 0 Å². The summed E-state index contributed by atoms with van der Waals surface area (Å²) in [6.07, 6.45) is -1.60. The van der Waals surface area contributed by atoms with E-state index < -0.39 is 11.7 Å². The van der Waals surface area contributed by atoms with E-state index in [0.717, 1.165) is 49.7 Å². The van der Waals surface area contributed by atoms with Crippen molar-refractivity contribution >= 4 is 5.82 Å². The predicted octanol–water partition coefficient (Wildman–Crippen LogP) is 3.76. The van der Waals surface area contributed by atoms with Gasteiger partial charge >= 0.3 is 6.18 Å². The number of aromatic nitrogens is 1. The molecule has 0 bridgehead atoms. The summed E-state index contributed by atoms with van der Waals surface area (Å²) < 4.78 is 43.2. The highest BCUT2D eigenvalue weighted by Gasteiger charge is 2.31. The molecule has 0 atom stereocenters. The van der Waals surface area contributed by atoms with Crippen LogP contribution in [0.5, 0.6) is 0 Å². The molecule has 1 fully saturated rings. The van der Waals surface area contributed by atoms with Gasteiger partial charge in [0.05, 0.1) is 12.1 Å². The third-order valence-corrected chi connectivity index (χ3v) is 4.26. The molecule has 3 heterocycles. The second-order valence-corrected chi connectivity index (χ2v) is 6.06. The molecule has 0 saturated carbocycles. The first-order valence-electron chi connectivity index (χ1n) is 7.99. The number of nitrogens with one attached hydrogen (secondary N) is 1. The minimum absolute atomic E-state index is 0.376. The van der Waals surface area contributed by atoms with E-state index in [1.807, 2.05) is 24.0 Å². The molecule has 0 spiro atoms. The van der Waals surface area contributed by atoms with Crippen molar-refractivity contribution in [1.29, 1.82) is 0 Å². The van der Waals surface area contributed by atoms with E-state index in [1.54, 1.807) is 0 Å². The first-order chi connectivity index (χ1) is 11.4. The highest BCUT2D eigenvalue weighted by molar-refractivity contribution is 5.40. The highest BCUT2D eigenvalue weighted by atomic mass is 19.4. The maximum atomic E-state index is 12.6. The third kappa shape index (κ3) is 4.08. The molecular formula is C17H20F3N3O. The number of pyridine rings is 1. The lowest BCUT2D eigenvalue weighted by atomic mass is 10.0. The zero-order chi connectivity index (χ0) is 17.2. The molecule has 0 unspecified atom stereocenters. The Hall–Kier alpha value is -2.02. The summed E-state index contributed by atoms with van der Waals surface area (Å²) in [4.78, 5) is 5.98. The van der Waals surface area contributed by atoms with Gasteiger partial charge in [-0.15, -0.1) is 0 Å². The van der Waals surface area contributed by atoms with E-state index >= 15 is 0 Å². The number of halogens is 3. The normalized spacial score (nSPS) is 16.6. The van der Waals surface area contributed by atoms with Crippen LogP contribution in [0, 0.1) is 6.92 Å². The third-order valence-electron chi connectivity index (χ3n) is 4.26. The smallest absolute Gasteiger partial charge is 0.417 e. The Bertz CT molecular complexity index is 658. The first-order valence-corrected chi connectivity index (χ1v) is 7.99. The van der Waals surface area contributed by atoms with Gasteiger partial charge in [-0.05, 0) is 44.0 Å². The molecule has 24 heavy (non-hydrogen) atoms. The molecule has 0 aromatic carbocycles. The van der Waals surface area contributed by atoms with E-state index in [4.69, 9.17) is 4.42 Å². The van der Waals surface area contributed by atoms with Crippen molar-refractivity contribution in [3.8, 4) is 0 Å². The molecule has 7 heteroatoms. The molecule has 4 nitrogen and oxygen atoms in total. The zero-order valence-corrected chi connectivity index (χ0v) is 13.4. The van der Waals surface area contributed by atoms with Crippen LogP contribution in [0.15, 0.2) is 34.9 Å². The number of furan rings is 1. The van der Waals surface area contributed by atoms with Crippen LogP contribution in [-0.4, -0.2) is 24.1 Å². The summed E-state index contributed by atoms with van der Waals surface area (Å²) in [6.45, 7) is 4.15. The predicted molar refractivity (Wildman–Crippen MR) is 84.8 cm³/mol. The van der Waals surface area contributed by atoms with Crippen LogP contribution < -0.4 is 10.2 Å². The summed E-state index contributed by atoms with van der Waals surface area (Å²) in [7, 11) is 0. The molecule has 3 rings (SSSR count). The summed E-state index contributed by atoms with van der Waals surface area (Å²) in [6, 6.07) is 6.81. The fourth-order valence-electron chi connectivity index (χ4n) is 2.88. The number of piperidine rings is 1.